The van der Waals surface area contributed by atoms with Gasteiger partial charge in [-0.2, -0.15) is 0 Å². The monoisotopic (exact) mass is 309 g/mol. The Balaban J connectivity index is 1.86. The van der Waals surface area contributed by atoms with Crippen LogP contribution in [0.5, 0.6) is 0 Å². The molecule has 6 heteroatoms. The van der Waals surface area contributed by atoms with E-state index in [-0.39, 0.29) is 5.69 Å². The first-order valence-electron chi connectivity index (χ1n) is 7.03. The molecule has 0 aliphatic heterocycles. The summed E-state index contributed by atoms with van der Waals surface area (Å²) in [4.78, 5) is 16.5. The Kier molecular flexibility index (Phi) is 3.80. The Bertz CT molecular complexity index is 821. The Labute approximate surface area is 133 Å². The zero-order chi connectivity index (χ0) is 16.4. The Morgan fingerprint density at radius 3 is 2.17 bits per heavy atom. The molecule has 0 N–H and O–H groups in total. The van der Waals surface area contributed by atoms with Crippen LogP contribution in [0.25, 0.3) is 22.8 Å². The predicted molar refractivity (Wildman–Crippen MR) is 88.4 cm³/mol. The van der Waals surface area contributed by atoms with Crippen LogP contribution in [0.1, 0.15) is 0 Å². The molecular weight excluding hydrogens is 294 g/mol. The average Bonchev–Trinajstić information content (AvgIpc) is 3.05. The number of hydrogen-bond donors (Lipinski definition) is 0. The number of nitro groups is 1. The molecule has 0 bridgehead atoms. The van der Waals surface area contributed by atoms with Crippen LogP contribution >= 0.6 is 0 Å². The van der Waals surface area contributed by atoms with Crippen LogP contribution in [0.4, 0.5) is 11.4 Å². The minimum absolute atomic E-state index is 0.0415. The van der Waals surface area contributed by atoms with Gasteiger partial charge in [-0.15, -0.1) is 0 Å². The van der Waals surface area contributed by atoms with Crippen LogP contribution in [0, 0.1) is 10.1 Å². The topological polar surface area (TPSA) is 72.4 Å². The molecule has 0 saturated heterocycles. The van der Waals surface area contributed by atoms with Crippen molar-refractivity contribution in [1.82, 2.24) is 4.98 Å². The predicted octanol–water partition coefficient (Wildman–Crippen LogP) is 3.98. The summed E-state index contributed by atoms with van der Waals surface area (Å²) in [5, 5.41) is 10.7. The number of aromatic nitrogens is 1. The molecule has 0 fully saturated rings. The Morgan fingerprint density at radius 1 is 1.00 bits per heavy atom. The van der Waals surface area contributed by atoms with E-state index in [2.05, 4.69) is 4.98 Å². The van der Waals surface area contributed by atoms with Crippen LogP contribution in [0.2, 0.25) is 0 Å². The third kappa shape index (κ3) is 3.06. The minimum Gasteiger partial charge on any atom is -0.436 e. The molecule has 0 saturated carbocycles. The number of nitro benzene ring substituents is 1. The van der Waals surface area contributed by atoms with Gasteiger partial charge in [-0.3, -0.25) is 10.1 Å². The van der Waals surface area contributed by atoms with Gasteiger partial charge in [0.05, 0.1) is 11.1 Å². The lowest BCUT2D eigenvalue weighted by Crippen LogP contribution is -2.07. The summed E-state index contributed by atoms with van der Waals surface area (Å²) in [5.41, 5.74) is 2.77. The van der Waals surface area contributed by atoms with Gasteiger partial charge >= 0.3 is 0 Å². The van der Waals surface area contributed by atoms with E-state index < -0.39 is 4.92 Å². The van der Waals surface area contributed by atoms with Crippen molar-refractivity contribution in [2.24, 2.45) is 0 Å². The van der Waals surface area contributed by atoms with Gasteiger partial charge in [-0.05, 0) is 36.4 Å². The van der Waals surface area contributed by atoms with Gasteiger partial charge in [-0.25, -0.2) is 4.98 Å². The first-order valence-corrected chi connectivity index (χ1v) is 7.03. The SMILES string of the molecule is CN(C)c1ccc(-c2cnc(-c3ccc([N+](=O)[O-])cc3)o2)cc1. The molecule has 0 spiro atoms. The van der Waals surface area contributed by atoms with E-state index in [1.165, 1.54) is 12.1 Å². The number of oxazole rings is 1. The molecular formula is C17H15N3O3. The van der Waals surface area contributed by atoms with Crippen LogP contribution in [-0.4, -0.2) is 24.0 Å². The van der Waals surface area contributed by atoms with Gasteiger partial charge in [0.1, 0.15) is 0 Å². The molecule has 1 heterocycles. The average molecular weight is 309 g/mol. The van der Waals surface area contributed by atoms with Crippen molar-refractivity contribution in [2.45, 2.75) is 0 Å². The lowest BCUT2D eigenvalue weighted by molar-refractivity contribution is -0.384. The second-order valence-corrected chi connectivity index (χ2v) is 5.27. The third-order valence-corrected chi connectivity index (χ3v) is 3.50. The van der Waals surface area contributed by atoms with Crippen LogP contribution in [-0.2, 0) is 0 Å². The fourth-order valence-corrected chi connectivity index (χ4v) is 2.19. The normalized spacial score (nSPS) is 10.5. The van der Waals surface area contributed by atoms with E-state index in [0.29, 0.717) is 17.2 Å². The molecule has 3 aromatic rings. The molecule has 0 aliphatic carbocycles. The smallest absolute Gasteiger partial charge is 0.269 e. The van der Waals surface area contributed by atoms with E-state index in [9.17, 15) is 10.1 Å². The summed E-state index contributed by atoms with van der Waals surface area (Å²) in [6.07, 6.45) is 1.65. The number of non-ortho nitro benzene ring substituents is 1. The summed E-state index contributed by atoms with van der Waals surface area (Å²) in [5.74, 6) is 1.09. The third-order valence-electron chi connectivity index (χ3n) is 3.50. The van der Waals surface area contributed by atoms with Crippen molar-refractivity contribution in [3.05, 3.63) is 64.8 Å². The second-order valence-electron chi connectivity index (χ2n) is 5.27. The Morgan fingerprint density at radius 2 is 1.61 bits per heavy atom. The molecule has 23 heavy (non-hydrogen) atoms. The molecule has 6 nitrogen and oxygen atoms in total. The van der Waals surface area contributed by atoms with Crippen molar-refractivity contribution >= 4 is 11.4 Å². The van der Waals surface area contributed by atoms with Gasteiger partial charge in [-0.1, -0.05) is 0 Å². The maximum atomic E-state index is 10.7. The zero-order valence-corrected chi connectivity index (χ0v) is 12.8. The summed E-state index contributed by atoms with van der Waals surface area (Å²) in [6, 6.07) is 14.1. The highest BCUT2D eigenvalue weighted by Gasteiger charge is 2.11. The van der Waals surface area contributed by atoms with Crippen LogP contribution in [0.3, 0.4) is 0 Å². The van der Waals surface area contributed by atoms with Gasteiger partial charge < -0.3 is 9.32 Å². The van der Waals surface area contributed by atoms with Crippen molar-refractivity contribution < 1.29 is 9.34 Å². The highest BCUT2D eigenvalue weighted by Crippen LogP contribution is 2.28. The lowest BCUT2D eigenvalue weighted by Gasteiger charge is -2.11. The van der Waals surface area contributed by atoms with Crippen molar-refractivity contribution in [2.75, 3.05) is 19.0 Å². The fourth-order valence-electron chi connectivity index (χ4n) is 2.19. The van der Waals surface area contributed by atoms with Gasteiger partial charge in [0.25, 0.3) is 5.69 Å². The van der Waals surface area contributed by atoms with Crippen LogP contribution < -0.4 is 4.90 Å². The highest BCUT2D eigenvalue weighted by atomic mass is 16.6. The summed E-state index contributed by atoms with van der Waals surface area (Å²) < 4.78 is 5.76. The number of benzene rings is 2. The Hall–Kier alpha value is -3.15. The maximum absolute atomic E-state index is 10.7. The maximum Gasteiger partial charge on any atom is 0.269 e. The summed E-state index contributed by atoms with van der Waals surface area (Å²) in [7, 11) is 3.96. The number of hydrogen-bond acceptors (Lipinski definition) is 5. The van der Waals surface area contributed by atoms with Gasteiger partial charge in [0.15, 0.2) is 5.76 Å². The minimum atomic E-state index is -0.433. The second kappa shape index (κ2) is 5.92. The number of nitrogens with zero attached hydrogens (tertiary/aromatic N) is 3. The van der Waals surface area contributed by atoms with Crippen molar-refractivity contribution in [1.29, 1.82) is 0 Å². The summed E-state index contributed by atoms with van der Waals surface area (Å²) in [6.45, 7) is 0. The van der Waals surface area contributed by atoms with Crippen molar-refractivity contribution in [3.8, 4) is 22.8 Å². The number of rotatable bonds is 4. The lowest BCUT2D eigenvalue weighted by atomic mass is 10.1. The summed E-state index contributed by atoms with van der Waals surface area (Å²) >= 11 is 0. The standard InChI is InChI=1S/C17H15N3O3/c1-19(2)14-7-3-12(4-8-14)16-11-18-17(23-16)13-5-9-15(10-6-13)20(21)22/h3-11H,1-2H3. The van der Waals surface area contributed by atoms with E-state index in [1.807, 2.05) is 43.3 Å². The first-order chi connectivity index (χ1) is 11.0. The molecule has 2 aromatic carbocycles. The van der Waals surface area contributed by atoms with E-state index in [4.69, 9.17) is 4.42 Å². The largest absolute Gasteiger partial charge is 0.436 e. The molecule has 0 unspecified atom stereocenters. The molecule has 1 aromatic heterocycles. The molecule has 0 aliphatic rings. The van der Waals surface area contributed by atoms with Crippen molar-refractivity contribution in [3.63, 3.8) is 0 Å². The zero-order valence-electron chi connectivity index (χ0n) is 12.8. The van der Waals surface area contributed by atoms with Crippen LogP contribution in [0.15, 0.2) is 59.1 Å². The molecule has 0 atom stereocenters. The fraction of sp³-hybridized carbons (Fsp3) is 0.118. The number of anilines is 1. The van der Waals surface area contributed by atoms with E-state index in [1.54, 1.807) is 18.3 Å². The van der Waals surface area contributed by atoms with Gasteiger partial charge in [0, 0.05) is 43.0 Å². The first kappa shape index (κ1) is 14.8. The molecule has 0 amide bonds. The quantitative estimate of drug-likeness (QED) is 0.538. The van der Waals surface area contributed by atoms with E-state index >= 15 is 0 Å². The molecule has 0 radical (unpaired) electrons. The van der Waals surface area contributed by atoms with Gasteiger partial charge in [0.2, 0.25) is 5.89 Å². The van der Waals surface area contributed by atoms with E-state index in [0.717, 1.165) is 11.3 Å². The highest BCUT2D eigenvalue weighted by molar-refractivity contribution is 5.64. The molecule has 116 valence electrons. The molecule has 3 rings (SSSR count).